The molecule has 0 bridgehead atoms. The number of pyridine rings is 1. The third-order valence-corrected chi connectivity index (χ3v) is 4.00. The van der Waals surface area contributed by atoms with E-state index in [-0.39, 0.29) is 0 Å². The van der Waals surface area contributed by atoms with Crippen molar-refractivity contribution in [3.8, 4) is 0 Å². The van der Waals surface area contributed by atoms with Gasteiger partial charge in [0.15, 0.2) is 0 Å². The van der Waals surface area contributed by atoms with Crippen LogP contribution in [0.2, 0.25) is 0 Å². The van der Waals surface area contributed by atoms with Crippen molar-refractivity contribution < 1.29 is 0 Å². The normalized spacial score (nSPS) is 20.3. The Morgan fingerprint density at radius 3 is 3.06 bits per heavy atom. The Hall–Kier alpha value is -0.580. The van der Waals surface area contributed by atoms with E-state index >= 15 is 0 Å². The van der Waals surface area contributed by atoms with Crippen molar-refractivity contribution in [3.63, 3.8) is 0 Å². The summed E-state index contributed by atoms with van der Waals surface area (Å²) in [6.07, 6.45) is 3.11. The Morgan fingerprint density at radius 2 is 2.31 bits per heavy atom. The number of nitrogens with two attached hydrogens (primary N) is 1. The molecule has 1 aliphatic heterocycles. The van der Waals surface area contributed by atoms with Gasteiger partial charge in [0, 0.05) is 25.0 Å². The fourth-order valence-corrected chi connectivity index (χ4v) is 3.01. The number of nitrogens with zero attached hydrogens (tertiary/aromatic N) is 2. The van der Waals surface area contributed by atoms with Crippen molar-refractivity contribution in [2.24, 2.45) is 5.73 Å². The first-order valence-electron chi connectivity index (χ1n) is 5.84. The van der Waals surface area contributed by atoms with Gasteiger partial charge in [0.25, 0.3) is 0 Å². The van der Waals surface area contributed by atoms with Crippen LogP contribution in [-0.2, 0) is 0 Å². The smallest absolute Gasteiger partial charge is 0.0644 e. The standard InChI is InChI=1S/C12H19N3S/c13-10-12(11-4-1-2-5-14-11)15-6-3-8-16-9-7-15/h1-2,4-5,12H,3,6-10,13H2. The number of thioether (sulfide) groups is 1. The molecule has 16 heavy (non-hydrogen) atoms. The summed E-state index contributed by atoms with van der Waals surface area (Å²) >= 11 is 2.04. The lowest BCUT2D eigenvalue weighted by Crippen LogP contribution is -2.35. The maximum Gasteiger partial charge on any atom is 0.0644 e. The van der Waals surface area contributed by atoms with Crippen LogP contribution < -0.4 is 5.73 Å². The number of hydrogen-bond acceptors (Lipinski definition) is 4. The van der Waals surface area contributed by atoms with Crippen molar-refractivity contribution in [2.75, 3.05) is 31.1 Å². The van der Waals surface area contributed by atoms with Gasteiger partial charge in [-0.2, -0.15) is 11.8 Å². The number of aromatic nitrogens is 1. The topological polar surface area (TPSA) is 42.1 Å². The van der Waals surface area contributed by atoms with Crippen LogP contribution in [0, 0.1) is 0 Å². The summed E-state index contributed by atoms with van der Waals surface area (Å²) in [7, 11) is 0. The van der Waals surface area contributed by atoms with Crippen LogP contribution in [0.4, 0.5) is 0 Å². The molecular weight excluding hydrogens is 218 g/mol. The predicted octanol–water partition coefficient (Wildman–Crippen LogP) is 1.52. The van der Waals surface area contributed by atoms with Gasteiger partial charge in [0.05, 0.1) is 11.7 Å². The van der Waals surface area contributed by atoms with E-state index in [2.05, 4.69) is 16.0 Å². The zero-order valence-corrected chi connectivity index (χ0v) is 10.3. The summed E-state index contributed by atoms with van der Waals surface area (Å²) in [6, 6.07) is 6.36. The Kier molecular flexibility index (Phi) is 4.63. The number of rotatable bonds is 3. The van der Waals surface area contributed by atoms with Crippen LogP contribution in [0.25, 0.3) is 0 Å². The molecule has 1 saturated heterocycles. The lowest BCUT2D eigenvalue weighted by atomic mass is 10.1. The van der Waals surface area contributed by atoms with Crippen LogP contribution in [0.5, 0.6) is 0 Å². The molecule has 2 heterocycles. The quantitative estimate of drug-likeness (QED) is 0.865. The monoisotopic (exact) mass is 237 g/mol. The van der Waals surface area contributed by atoms with Crippen LogP contribution in [0.1, 0.15) is 18.2 Å². The summed E-state index contributed by atoms with van der Waals surface area (Å²) in [5.41, 5.74) is 7.01. The highest BCUT2D eigenvalue weighted by Gasteiger charge is 2.20. The van der Waals surface area contributed by atoms with Crippen LogP contribution in [0.3, 0.4) is 0 Å². The molecule has 0 aliphatic carbocycles. The van der Waals surface area contributed by atoms with E-state index < -0.39 is 0 Å². The fraction of sp³-hybridized carbons (Fsp3) is 0.583. The Balaban J connectivity index is 2.09. The molecule has 0 aromatic carbocycles. The molecule has 0 amide bonds. The van der Waals surface area contributed by atoms with E-state index in [9.17, 15) is 0 Å². The Bertz CT molecular complexity index is 296. The molecule has 0 radical (unpaired) electrons. The molecule has 4 heteroatoms. The first kappa shape index (κ1) is 11.9. The second kappa shape index (κ2) is 6.23. The Morgan fingerprint density at radius 1 is 1.38 bits per heavy atom. The van der Waals surface area contributed by atoms with Gasteiger partial charge >= 0.3 is 0 Å². The lowest BCUT2D eigenvalue weighted by Gasteiger charge is -2.28. The molecule has 0 spiro atoms. The highest BCUT2D eigenvalue weighted by atomic mass is 32.2. The van der Waals surface area contributed by atoms with Crippen LogP contribution in [0.15, 0.2) is 24.4 Å². The van der Waals surface area contributed by atoms with E-state index in [0.29, 0.717) is 12.6 Å². The lowest BCUT2D eigenvalue weighted by molar-refractivity contribution is 0.214. The summed E-state index contributed by atoms with van der Waals surface area (Å²) < 4.78 is 0. The highest BCUT2D eigenvalue weighted by Crippen LogP contribution is 2.21. The van der Waals surface area contributed by atoms with Gasteiger partial charge in [-0.25, -0.2) is 0 Å². The largest absolute Gasteiger partial charge is 0.329 e. The van der Waals surface area contributed by atoms with E-state index in [4.69, 9.17) is 5.73 Å². The molecule has 1 unspecified atom stereocenters. The van der Waals surface area contributed by atoms with Gasteiger partial charge in [-0.05, 0) is 30.9 Å². The average Bonchev–Trinajstić information content (AvgIpc) is 2.61. The molecule has 1 aromatic heterocycles. The maximum atomic E-state index is 5.90. The predicted molar refractivity (Wildman–Crippen MR) is 69.5 cm³/mol. The van der Waals surface area contributed by atoms with Gasteiger partial charge < -0.3 is 5.73 Å². The zero-order chi connectivity index (χ0) is 11.2. The van der Waals surface area contributed by atoms with E-state index in [1.165, 1.54) is 17.9 Å². The van der Waals surface area contributed by atoms with Gasteiger partial charge in [-0.1, -0.05) is 6.07 Å². The van der Waals surface area contributed by atoms with Gasteiger partial charge in [0.1, 0.15) is 0 Å². The first-order chi connectivity index (χ1) is 7.92. The molecular formula is C12H19N3S. The van der Waals surface area contributed by atoms with Gasteiger partial charge in [0.2, 0.25) is 0 Å². The van der Waals surface area contributed by atoms with Gasteiger partial charge in [-0.15, -0.1) is 0 Å². The van der Waals surface area contributed by atoms with Crippen molar-refractivity contribution in [2.45, 2.75) is 12.5 Å². The molecule has 1 atom stereocenters. The SMILES string of the molecule is NCC(c1ccccn1)N1CCCSCC1. The van der Waals surface area contributed by atoms with Gasteiger partial charge in [-0.3, -0.25) is 9.88 Å². The van der Waals surface area contributed by atoms with Crippen molar-refractivity contribution >= 4 is 11.8 Å². The highest BCUT2D eigenvalue weighted by molar-refractivity contribution is 7.99. The molecule has 1 aliphatic rings. The second-order valence-electron chi connectivity index (χ2n) is 4.01. The molecule has 2 N–H and O–H groups in total. The van der Waals surface area contributed by atoms with E-state index in [0.717, 1.165) is 18.8 Å². The molecule has 3 nitrogen and oxygen atoms in total. The summed E-state index contributed by atoms with van der Waals surface area (Å²) in [5.74, 6) is 2.49. The molecule has 1 fully saturated rings. The van der Waals surface area contributed by atoms with Crippen molar-refractivity contribution in [1.82, 2.24) is 9.88 Å². The average molecular weight is 237 g/mol. The third-order valence-electron chi connectivity index (χ3n) is 2.95. The minimum atomic E-state index is 0.292. The molecule has 0 saturated carbocycles. The molecule has 2 rings (SSSR count). The molecule has 1 aromatic rings. The number of hydrogen-bond donors (Lipinski definition) is 1. The maximum absolute atomic E-state index is 5.90. The van der Waals surface area contributed by atoms with E-state index in [1.807, 2.05) is 30.1 Å². The Labute approximate surface area is 101 Å². The summed E-state index contributed by atoms with van der Waals surface area (Å²) in [6.45, 7) is 2.93. The second-order valence-corrected chi connectivity index (χ2v) is 5.23. The zero-order valence-electron chi connectivity index (χ0n) is 9.51. The molecule has 88 valence electrons. The van der Waals surface area contributed by atoms with Crippen molar-refractivity contribution in [1.29, 1.82) is 0 Å². The summed E-state index contributed by atoms with van der Waals surface area (Å²) in [5, 5.41) is 0. The first-order valence-corrected chi connectivity index (χ1v) is 7.00. The third kappa shape index (κ3) is 2.97. The summed E-state index contributed by atoms with van der Waals surface area (Å²) in [4.78, 5) is 6.90. The van der Waals surface area contributed by atoms with Crippen LogP contribution in [-0.4, -0.2) is 41.0 Å². The van der Waals surface area contributed by atoms with E-state index in [1.54, 1.807) is 0 Å². The minimum absolute atomic E-state index is 0.292. The van der Waals surface area contributed by atoms with Crippen molar-refractivity contribution in [3.05, 3.63) is 30.1 Å². The minimum Gasteiger partial charge on any atom is -0.329 e. The van der Waals surface area contributed by atoms with Crippen LogP contribution >= 0.6 is 11.8 Å². The fourth-order valence-electron chi connectivity index (χ4n) is 2.11.